The van der Waals surface area contributed by atoms with Gasteiger partial charge in [0, 0.05) is 18.8 Å². The van der Waals surface area contributed by atoms with E-state index in [0.29, 0.717) is 6.61 Å². The van der Waals surface area contributed by atoms with Crippen molar-refractivity contribution in [2.24, 2.45) is 0 Å². The molecular formula is C17H24N2O2. The number of rotatable bonds is 3. The predicted molar refractivity (Wildman–Crippen MR) is 80.9 cm³/mol. The largest absolute Gasteiger partial charge is 0.368 e. The van der Waals surface area contributed by atoms with Gasteiger partial charge in [0.05, 0.1) is 11.7 Å². The van der Waals surface area contributed by atoms with Crippen molar-refractivity contribution >= 4 is 5.91 Å². The summed E-state index contributed by atoms with van der Waals surface area (Å²) in [4.78, 5) is 19.5. The van der Waals surface area contributed by atoms with Gasteiger partial charge in [0.15, 0.2) is 0 Å². The summed E-state index contributed by atoms with van der Waals surface area (Å²) in [5.74, 6) is 0.144. The van der Waals surface area contributed by atoms with Crippen LogP contribution in [0.1, 0.15) is 56.8 Å². The number of pyridine rings is 1. The van der Waals surface area contributed by atoms with E-state index in [1.165, 1.54) is 5.56 Å². The Morgan fingerprint density at radius 1 is 1.38 bits per heavy atom. The highest BCUT2D eigenvalue weighted by molar-refractivity contribution is 5.82. The van der Waals surface area contributed by atoms with E-state index in [4.69, 9.17) is 4.74 Å². The first-order valence-corrected chi connectivity index (χ1v) is 8.06. The first-order valence-electron chi connectivity index (χ1n) is 8.06. The fraction of sp³-hybridized carbons (Fsp3) is 0.647. The molecule has 0 unspecified atom stereocenters. The van der Waals surface area contributed by atoms with Crippen molar-refractivity contribution in [3.63, 3.8) is 0 Å². The topological polar surface area (TPSA) is 42.4 Å². The Morgan fingerprint density at radius 2 is 2.24 bits per heavy atom. The van der Waals surface area contributed by atoms with Crippen molar-refractivity contribution in [2.75, 3.05) is 6.61 Å². The third kappa shape index (κ3) is 2.82. The van der Waals surface area contributed by atoms with E-state index in [-0.39, 0.29) is 24.1 Å². The maximum absolute atomic E-state index is 12.9. The third-order valence-electron chi connectivity index (χ3n) is 4.52. The fourth-order valence-corrected chi connectivity index (χ4v) is 3.56. The molecule has 3 rings (SSSR count). The summed E-state index contributed by atoms with van der Waals surface area (Å²) >= 11 is 0. The van der Waals surface area contributed by atoms with Gasteiger partial charge in [0.25, 0.3) is 5.91 Å². The van der Waals surface area contributed by atoms with E-state index < -0.39 is 0 Å². The maximum atomic E-state index is 12.9. The highest BCUT2D eigenvalue weighted by atomic mass is 16.5. The maximum Gasteiger partial charge on any atom is 0.252 e. The number of hydrogen-bond acceptors (Lipinski definition) is 3. The summed E-state index contributed by atoms with van der Waals surface area (Å²) in [7, 11) is 0. The molecule has 4 heteroatoms. The summed E-state index contributed by atoms with van der Waals surface area (Å²) in [6.45, 7) is 4.88. The number of ether oxygens (including phenoxy) is 1. The number of hydrogen-bond donors (Lipinski definition) is 0. The molecule has 0 saturated carbocycles. The van der Waals surface area contributed by atoms with Gasteiger partial charge in [0.2, 0.25) is 0 Å². The van der Waals surface area contributed by atoms with Gasteiger partial charge >= 0.3 is 0 Å². The molecule has 1 aromatic rings. The molecule has 2 heterocycles. The van der Waals surface area contributed by atoms with E-state index in [0.717, 1.165) is 37.8 Å². The first-order chi connectivity index (χ1) is 10.2. The number of nitrogens with zero attached hydrogens (tertiary/aromatic N) is 2. The van der Waals surface area contributed by atoms with Gasteiger partial charge in [-0.25, -0.2) is 0 Å². The minimum Gasteiger partial charge on any atom is -0.368 e. The molecule has 0 aromatic carbocycles. The highest BCUT2D eigenvalue weighted by Crippen LogP contribution is 2.35. The monoisotopic (exact) mass is 288 g/mol. The van der Waals surface area contributed by atoms with Gasteiger partial charge in [-0.15, -0.1) is 0 Å². The quantitative estimate of drug-likeness (QED) is 0.859. The van der Waals surface area contributed by atoms with E-state index in [1.54, 1.807) is 0 Å². The molecule has 0 bridgehead atoms. The number of fused-ring (bicyclic) bond motifs is 1. The van der Waals surface area contributed by atoms with Crippen LogP contribution in [0.3, 0.4) is 0 Å². The second kappa shape index (κ2) is 6.14. The Morgan fingerprint density at radius 3 is 2.95 bits per heavy atom. The van der Waals surface area contributed by atoms with Crippen molar-refractivity contribution < 1.29 is 9.53 Å². The molecular weight excluding hydrogens is 264 g/mol. The fourth-order valence-electron chi connectivity index (χ4n) is 3.56. The zero-order valence-corrected chi connectivity index (χ0v) is 12.9. The van der Waals surface area contributed by atoms with Crippen LogP contribution in [0.15, 0.2) is 18.3 Å². The summed E-state index contributed by atoms with van der Waals surface area (Å²) in [6, 6.07) is 4.40. The minimum absolute atomic E-state index is 0.103. The van der Waals surface area contributed by atoms with Crippen LogP contribution in [0.5, 0.6) is 0 Å². The van der Waals surface area contributed by atoms with E-state index in [9.17, 15) is 4.79 Å². The Bertz CT molecular complexity index is 509. The zero-order valence-electron chi connectivity index (χ0n) is 12.9. The van der Waals surface area contributed by atoms with Crippen LogP contribution in [0, 0.1) is 0 Å². The minimum atomic E-state index is -0.249. The summed E-state index contributed by atoms with van der Waals surface area (Å²) in [5.41, 5.74) is 2.38. The van der Waals surface area contributed by atoms with Gasteiger partial charge in [-0.05, 0) is 57.6 Å². The van der Waals surface area contributed by atoms with E-state index >= 15 is 0 Å². The Labute approximate surface area is 126 Å². The molecule has 2 atom stereocenters. The molecule has 0 spiro atoms. The number of amides is 1. The smallest absolute Gasteiger partial charge is 0.252 e. The lowest BCUT2D eigenvalue weighted by Gasteiger charge is -2.38. The van der Waals surface area contributed by atoms with Crippen LogP contribution < -0.4 is 0 Å². The van der Waals surface area contributed by atoms with Gasteiger partial charge in [-0.1, -0.05) is 6.07 Å². The number of carbonyl (C=O) groups excluding carboxylic acids is 1. The third-order valence-corrected chi connectivity index (χ3v) is 4.52. The standard InChI is InChI=1S/C17H24N2O2/c1-12(2)19(17(20)15-9-5-11-21-15)14-8-3-6-13-7-4-10-18-16(13)14/h4,7,10,12,14-15H,3,5-6,8-9,11H2,1-2H3/t14-,15+/m1/s1. The molecule has 1 fully saturated rings. The molecule has 4 nitrogen and oxygen atoms in total. The van der Waals surface area contributed by atoms with Crippen LogP contribution in [-0.2, 0) is 16.0 Å². The lowest BCUT2D eigenvalue weighted by Crippen LogP contribution is -2.46. The first kappa shape index (κ1) is 14.5. The van der Waals surface area contributed by atoms with E-state index in [1.807, 2.05) is 17.2 Å². The predicted octanol–water partition coefficient (Wildman–Crippen LogP) is 2.88. The molecule has 1 aromatic heterocycles. The number of aryl methyl sites for hydroxylation is 1. The van der Waals surface area contributed by atoms with Crippen LogP contribution in [0.2, 0.25) is 0 Å². The molecule has 0 N–H and O–H groups in total. The molecule has 2 aliphatic rings. The van der Waals surface area contributed by atoms with Gasteiger partial charge < -0.3 is 9.64 Å². The van der Waals surface area contributed by atoms with Gasteiger partial charge in [-0.3, -0.25) is 9.78 Å². The highest BCUT2D eigenvalue weighted by Gasteiger charge is 2.36. The van der Waals surface area contributed by atoms with Crippen molar-refractivity contribution in [3.8, 4) is 0 Å². The second-order valence-electron chi connectivity index (χ2n) is 6.30. The summed E-state index contributed by atoms with van der Waals surface area (Å²) in [5, 5.41) is 0. The SMILES string of the molecule is CC(C)N(C(=O)[C@@H]1CCCO1)[C@@H]1CCCc2cccnc21. The number of carbonyl (C=O) groups is 1. The van der Waals surface area contributed by atoms with Crippen LogP contribution in [0.25, 0.3) is 0 Å². The van der Waals surface area contributed by atoms with Crippen molar-refractivity contribution in [1.82, 2.24) is 9.88 Å². The molecule has 0 radical (unpaired) electrons. The van der Waals surface area contributed by atoms with Gasteiger partial charge in [0.1, 0.15) is 6.10 Å². The second-order valence-corrected chi connectivity index (χ2v) is 6.30. The van der Waals surface area contributed by atoms with E-state index in [2.05, 4.69) is 24.9 Å². The Balaban J connectivity index is 1.89. The Hall–Kier alpha value is -1.42. The number of aromatic nitrogens is 1. The molecule has 114 valence electrons. The average Bonchev–Trinajstić information content (AvgIpc) is 3.01. The molecule has 21 heavy (non-hydrogen) atoms. The molecule has 1 saturated heterocycles. The average molecular weight is 288 g/mol. The summed E-state index contributed by atoms with van der Waals surface area (Å²) < 4.78 is 5.61. The lowest BCUT2D eigenvalue weighted by atomic mass is 9.90. The van der Waals surface area contributed by atoms with Crippen molar-refractivity contribution in [2.45, 2.75) is 64.1 Å². The van der Waals surface area contributed by atoms with Gasteiger partial charge in [-0.2, -0.15) is 0 Å². The van der Waals surface area contributed by atoms with Crippen LogP contribution in [-0.4, -0.2) is 34.5 Å². The normalized spacial score (nSPS) is 24.9. The molecule has 1 aliphatic carbocycles. The zero-order chi connectivity index (χ0) is 14.8. The lowest BCUT2D eigenvalue weighted by molar-refractivity contribution is -0.146. The molecule has 1 amide bonds. The summed E-state index contributed by atoms with van der Waals surface area (Å²) in [6.07, 6.45) is 6.62. The Kier molecular flexibility index (Phi) is 4.24. The van der Waals surface area contributed by atoms with Crippen molar-refractivity contribution in [3.05, 3.63) is 29.6 Å². The van der Waals surface area contributed by atoms with Crippen molar-refractivity contribution in [1.29, 1.82) is 0 Å². The molecule has 1 aliphatic heterocycles. The van der Waals surface area contributed by atoms with Crippen LogP contribution >= 0.6 is 0 Å². The van der Waals surface area contributed by atoms with Crippen LogP contribution in [0.4, 0.5) is 0 Å².